The molecular formula is C15H24N4O. The largest absolute Gasteiger partial charge is 0.475 e. The second-order valence-corrected chi connectivity index (χ2v) is 6.06. The van der Waals surface area contributed by atoms with Gasteiger partial charge in [0.15, 0.2) is 0 Å². The lowest BCUT2D eigenvalue weighted by Crippen LogP contribution is -2.39. The zero-order valence-electron chi connectivity index (χ0n) is 12.4. The zero-order valence-corrected chi connectivity index (χ0v) is 12.4. The third-order valence-corrected chi connectivity index (χ3v) is 3.85. The average Bonchev–Trinajstić information content (AvgIpc) is 3.12. The quantitative estimate of drug-likeness (QED) is 0.861. The predicted octanol–water partition coefficient (Wildman–Crippen LogP) is 1.98. The Kier molecular flexibility index (Phi) is 4.05. The van der Waals surface area contributed by atoms with E-state index in [4.69, 9.17) is 4.74 Å². The summed E-state index contributed by atoms with van der Waals surface area (Å²) in [6.45, 7) is 6.23. The normalized spacial score (nSPS) is 22.2. The lowest BCUT2D eigenvalue weighted by atomic mass is 10.2. The summed E-state index contributed by atoms with van der Waals surface area (Å²) in [6.07, 6.45) is 6.86. The van der Waals surface area contributed by atoms with Gasteiger partial charge in [0.2, 0.25) is 5.88 Å². The number of aromatic nitrogens is 2. The fourth-order valence-corrected chi connectivity index (χ4v) is 2.76. The molecule has 3 rings (SSSR count). The van der Waals surface area contributed by atoms with Crippen molar-refractivity contribution >= 4 is 5.82 Å². The van der Waals surface area contributed by atoms with Gasteiger partial charge in [-0.2, -0.15) is 0 Å². The number of hydrogen-bond acceptors (Lipinski definition) is 5. The van der Waals surface area contributed by atoms with Crippen LogP contribution in [0.3, 0.4) is 0 Å². The molecule has 1 saturated carbocycles. The minimum atomic E-state index is 0.142. The van der Waals surface area contributed by atoms with Gasteiger partial charge in [-0.1, -0.05) is 0 Å². The average molecular weight is 276 g/mol. The van der Waals surface area contributed by atoms with Crippen LogP contribution >= 0.6 is 0 Å². The van der Waals surface area contributed by atoms with Crippen molar-refractivity contribution in [1.82, 2.24) is 15.3 Å². The fraction of sp³-hybridized carbons (Fsp3) is 0.733. The molecule has 2 fully saturated rings. The highest BCUT2D eigenvalue weighted by molar-refractivity contribution is 5.43. The summed E-state index contributed by atoms with van der Waals surface area (Å²) in [4.78, 5) is 11.1. The van der Waals surface area contributed by atoms with E-state index < -0.39 is 0 Å². The van der Waals surface area contributed by atoms with Crippen molar-refractivity contribution in [3.8, 4) is 5.88 Å². The highest BCUT2D eigenvalue weighted by Crippen LogP contribution is 2.32. The first-order valence-electron chi connectivity index (χ1n) is 7.71. The van der Waals surface area contributed by atoms with E-state index in [9.17, 15) is 0 Å². The Labute approximate surface area is 120 Å². The van der Waals surface area contributed by atoms with E-state index in [1.54, 1.807) is 6.33 Å². The van der Waals surface area contributed by atoms with Crippen molar-refractivity contribution in [2.75, 3.05) is 18.0 Å². The Morgan fingerprint density at radius 1 is 1.35 bits per heavy atom. The molecule has 110 valence electrons. The van der Waals surface area contributed by atoms with Gasteiger partial charge < -0.3 is 15.0 Å². The van der Waals surface area contributed by atoms with Gasteiger partial charge in [-0.05, 0) is 46.1 Å². The molecule has 0 radical (unpaired) electrons. The summed E-state index contributed by atoms with van der Waals surface area (Å²) < 4.78 is 5.68. The number of ether oxygens (including phenoxy) is 1. The molecule has 1 aliphatic carbocycles. The molecule has 0 aromatic carbocycles. The van der Waals surface area contributed by atoms with Crippen LogP contribution in [0.15, 0.2) is 12.4 Å². The van der Waals surface area contributed by atoms with Crippen LogP contribution in [0.25, 0.3) is 0 Å². The van der Waals surface area contributed by atoms with Crippen molar-refractivity contribution in [3.05, 3.63) is 12.4 Å². The maximum Gasteiger partial charge on any atom is 0.218 e. The minimum Gasteiger partial charge on any atom is -0.475 e. The van der Waals surface area contributed by atoms with Gasteiger partial charge in [-0.25, -0.2) is 9.97 Å². The smallest absolute Gasteiger partial charge is 0.218 e. The molecule has 1 aromatic heterocycles. The van der Waals surface area contributed by atoms with Crippen molar-refractivity contribution < 1.29 is 4.74 Å². The van der Waals surface area contributed by atoms with Crippen LogP contribution in [0.1, 0.15) is 39.5 Å². The Morgan fingerprint density at radius 3 is 2.85 bits per heavy atom. The van der Waals surface area contributed by atoms with Gasteiger partial charge in [0.1, 0.15) is 12.1 Å². The molecule has 1 aliphatic heterocycles. The molecule has 2 aliphatic rings. The standard InChI is InChI=1S/C15H24N4O/c1-11(2)20-15-8-14(17-10-18-15)19(13-5-6-13)9-12-4-3-7-16-12/h8,10-13,16H,3-7,9H2,1-2H3. The summed E-state index contributed by atoms with van der Waals surface area (Å²) in [5.41, 5.74) is 0. The first-order chi connectivity index (χ1) is 9.72. The second-order valence-electron chi connectivity index (χ2n) is 6.06. The van der Waals surface area contributed by atoms with Crippen molar-refractivity contribution in [2.45, 2.75) is 57.7 Å². The van der Waals surface area contributed by atoms with E-state index in [2.05, 4.69) is 20.2 Å². The van der Waals surface area contributed by atoms with Crippen LogP contribution in [-0.2, 0) is 0 Å². The second kappa shape index (κ2) is 5.95. The van der Waals surface area contributed by atoms with Gasteiger partial charge in [0.05, 0.1) is 6.10 Å². The Hall–Kier alpha value is -1.36. The van der Waals surface area contributed by atoms with Crippen LogP contribution in [0.5, 0.6) is 5.88 Å². The molecule has 20 heavy (non-hydrogen) atoms. The van der Waals surface area contributed by atoms with Gasteiger partial charge in [-0.3, -0.25) is 0 Å². The Bertz CT molecular complexity index is 441. The molecule has 0 amide bonds. The topological polar surface area (TPSA) is 50.3 Å². The number of rotatable bonds is 6. The SMILES string of the molecule is CC(C)Oc1cc(N(CC2CCCN2)C2CC2)ncn1. The van der Waals surface area contributed by atoms with Crippen LogP contribution in [0, 0.1) is 0 Å². The summed E-state index contributed by atoms with van der Waals surface area (Å²) in [5, 5.41) is 3.57. The first kappa shape index (κ1) is 13.6. The number of anilines is 1. The molecule has 0 spiro atoms. The van der Waals surface area contributed by atoms with Crippen molar-refractivity contribution in [2.24, 2.45) is 0 Å². The Balaban J connectivity index is 1.72. The number of hydrogen-bond donors (Lipinski definition) is 1. The molecule has 2 heterocycles. The third kappa shape index (κ3) is 3.39. The van der Waals surface area contributed by atoms with E-state index in [1.807, 2.05) is 19.9 Å². The zero-order chi connectivity index (χ0) is 13.9. The van der Waals surface area contributed by atoms with Crippen LogP contribution in [0.2, 0.25) is 0 Å². The van der Waals surface area contributed by atoms with Gasteiger partial charge >= 0.3 is 0 Å². The van der Waals surface area contributed by atoms with E-state index in [-0.39, 0.29) is 6.10 Å². The maximum absolute atomic E-state index is 5.68. The lowest BCUT2D eigenvalue weighted by Gasteiger charge is -2.27. The molecule has 1 unspecified atom stereocenters. The van der Waals surface area contributed by atoms with Gasteiger partial charge in [0, 0.05) is 24.7 Å². The molecule has 5 heteroatoms. The highest BCUT2D eigenvalue weighted by Gasteiger charge is 2.32. The van der Waals surface area contributed by atoms with E-state index in [0.717, 1.165) is 18.9 Å². The van der Waals surface area contributed by atoms with E-state index in [1.165, 1.54) is 25.7 Å². The van der Waals surface area contributed by atoms with Crippen LogP contribution in [0.4, 0.5) is 5.82 Å². The molecular weight excluding hydrogens is 252 g/mol. The maximum atomic E-state index is 5.68. The molecule has 1 N–H and O–H groups in total. The monoisotopic (exact) mass is 276 g/mol. The summed E-state index contributed by atoms with van der Waals surface area (Å²) in [5.74, 6) is 1.68. The van der Waals surface area contributed by atoms with Crippen molar-refractivity contribution in [3.63, 3.8) is 0 Å². The summed E-state index contributed by atoms with van der Waals surface area (Å²) >= 11 is 0. The predicted molar refractivity (Wildman–Crippen MR) is 79.2 cm³/mol. The van der Waals surface area contributed by atoms with E-state index in [0.29, 0.717) is 18.0 Å². The molecule has 1 saturated heterocycles. The number of nitrogens with zero attached hydrogens (tertiary/aromatic N) is 3. The number of nitrogens with one attached hydrogen (secondary N) is 1. The lowest BCUT2D eigenvalue weighted by molar-refractivity contribution is 0.232. The minimum absolute atomic E-state index is 0.142. The molecule has 0 bridgehead atoms. The van der Waals surface area contributed by atoms with Gasteiger partial charge in [-0.15, -0.1) is 0 Å². The van der Waals surface area contributed by atoms with E-state index >= 15 is 0 Å². The summed E-state index contributed by atoms with van der Waals surface area (Å²) in [6, 6.07) is 3.23. The van der Waals surface area contributed by atoms with Crippen LogP contribution < -0.4 is 15.0 Å². The molecule has 5 nitrogen and oxygen atoms in total. The molecule has 1 atom stereocenters. The summed E-state index contributed by atoms with van der Waals surface area (Å²) in [7, 11) is 0. The fourth-order valence-electron chi connectivity index (χ4n) is 2.76. The first-order valence-corrected chi connectivity index (χ1v) is 7.71. The van der Waals surface area contributed by atoms with Crippen molar-refractivity contribution in [1.29, 1.82) is 0 Å². The van der Waals surface area contributed by atoms with Gasteiger partial charge in [0.25, 0.3) is 0 Å². The molecule has 1 aromatic rings. The third-order valence-electron chi connectivity index (χ3n) is 3.85. The Morgan fingerprint density at radius 2 is 2.20 bits per heavy atom. The van der Waals surface area contributed by atoms with Crippen LogP contribution in [-0.4, -0.2) is 41.2 Å². The highest BCUT2D eigenvalue weighted by atomic mass is 16.5.